The molecule has 0 saturated carbocycles. The van der Waals surface area contributed by atoms with Gasteiger partial charge in [-0.2, -0.15) is 5.10 Å². The Kier molecular flexibility index (Phi) is 4.80. The maximum atomic E-state index is 12.5. The molecule has 1 aliphatic rings. The van der Waals surface area contributed by atoms with Crippen LogP contribution >= 0.6 is 0 Å². The van der Waals surface area contributed by atoms with Gasteiger partial charge in [0, 0.05) is 5.56 Å². The SMILES string of the molecule is O=C(CN1C(=O)COc2ccccc21)N/N=C\c1c2ccccc2cc2ccccc12. The Bertz CT molecular complexity index is 1290. The number of hydrogen-bond donors (Lipinski definition) is 1. The van der Waals surface area contributed by atoms with Crippen LogP contribution in [0.5, 0.6) is 5.75 Å². The van der Waals surface area contributed by atoms with Crippen molar-refractivity contribution in [1.82, 2.24) is 5.43 Å². The maximum Gasteiger partial charge on any atom is 0.265 e. The van der Waals surface area contributed by atoms with E-state index >= 15 is 0 Å². The average molecular weight is 409 g/mol. The summed E-state index contributed by atoms with van der Waals surface area (Å²) in [6.45, 7) is -0.220. The van der Waals surface area contributed by atoms with Gasteiger partial charge in [-0.25, -0.2) is 5.43 Å². The smallest absolute Gasteiger partial charge is 0.265 e. The average Bonchev–Trinajstić information content (AvgIpc) is 2.80. The number of hydrogen-bond acceptors (Lipinski definition) is 4. The van der Waals surface area contributed by atoms with Gasteiger partial charge in [-0.05, 0) is 39.7 Å². The zero-order valence-electron chi connectivity index (χ0n) is 16.6. The third-order valence-corrected chi connectivity index (χ3v) is 5.31. The van der Waals surface area contributed by atoms with E-state index in [2.05, 4.69) is 28.7 Å². The number of hydrazone groups is 1. The topological polar surface area (TPSA) is 71.0 Å². The number of anilines is 1. The van der Waals surface area contributed by atoms with Crippen LogP contribution in [0.3, 0.4) is 0 Å². The van der Waals surface area contributed by atoms with E-state index in [1.54, 1.807) is 24.4 Å². The van der Waals surface area contributed by atoms with Crippen molar-refractivity contribution < 1.29 is 14.3 Å². The first kappa shape index (κ1) is 18.8. The lowest BCUT2D eigenvalue weighted by Crippen LogP contribution is -2.44. The summed E-state index contributed by atoms with van der Waals surface area (Å²) in [5.41, 5.74) is 4.07. The lowest BCUT2D eigenvalue weighted by atomic mass is 9.97. The highest BCUT2D eigenvalue weighted by molar-refractivity contribution is 6.13. The molecular formula is C25H19N3O3. The Labute approximate surface area is 178 Å². The van der Waals surface area contributed by atoms with E-state index in [1.165, 1.54) is 4.90 Å². The quantitative estimate of drug-likeness (QED) is 0.316. The van der Waals surface area contributed by atoms with Crippen LogP contribution < -0.4 is 15.1 Å². The number of carbonyl (C=O) groups is 2. The summed E-state index contributed by atoms with van der Waals surface area (Å²) >= 11 is 0. The molecule has 5 rings (SSSR count). The molecule has 0 saturated heterocycles. The zero-order valence-corrected chi connectivity index (χ0v) is 16.6. The van der Waals surface area contributed by atoms with E-state index in [0.29, 0.717) is 11.4 Å². The number of nitrogens with one attached hydrogen (secondary N) is 1. The van der Waals surface area contributed by atoms with Crippen molar-refractivity contribution in [2.45, 2.75) is 0 Å². The Morgan fingerprint density at radius 3 is 2.35 bits per heavy atom. The molecule has 6 nitrogen and oxygen atoms in total. The van der Waals surface area contributed by atoms with Gasteiger partial charge in [0.2, 0.25) is 0 Å². The second-order valence-electron chi connectivity index (χ2n) is 7.26. The zero-order chi connectivity index (χ0) is 21.2. The van der Waals surface area contributed by atoms with Crippen molar-refractivity contribution >= 4 is 45.3 Å². The summed E-state index contributed by atoms with van der Waals surface area (Å²) in [5.74, 6) is -0.0654. The highest BCUT2D eigenvalue weighted by atomic mass is 16.5. The number of fused-ring (bicyclic) bond motifs is 3. The minimum Gasteiger partial charge on any atom is -0.482 e. The van der Waals surface area contributed by atoms with Gasteiger partial charge in [0.05, 0.1) is 11.9 Å². The van der Waals surface area contributed by atoms with E-state index in [9.17, 15) is 9.59 Å². The van der Waals surface area contributed by atoms with Crippen LogP contribution in [-0.2, 0) is 9.59 Å². The minimum atomic E-state index is -0.383. The summed E-state index contributed by atoms with van der Waals surface area (Å²) in [5, 5.41) is 8.50. The molecule has 0 unspecified atom stereocenters. The highest BCUT2D eigenvalue weighted by Gasteiger charge is 2.26. The van der Waals surface area contributed by atoms with Crippen LogP contribution in [-0.4, -0.2) is 31.2 Å². The summed E-state index contributed by atoms with van der Waals surface area (Å²) in [7, 11) is 0. The molecule has 31 heavy (non-hydrogen) atoms. The highest BCUT2D eigenvalue weighted by Crippen LogP contribution is 2.31. The summed E-state index contributed by atoms with van der Waals surface area (Å²) in [6.07, 6.45) is 1.66. The lowest BCUT2D eigenvalue weighted by molar-refractivity contribution is -0.125. The van der Waals surface area contributed by atoms with Crippen LogP contribution in [0.1, 0.15) is 5.56 Å². The van der Waals surface area contributed by atoms with Gasteiger partial charge < -0.3 is 4.74 Å². The molecule has 2 amide bonds. The standard InChI is InChI=1S/C25H19N3O3/c29-24(15-28-22-11-5-6-12-23(22)31-16-25(28)30)27-26-14-21-19-9-3-1-7-17(19)13-18-8-2-4-10-20(18)21/h1-14H,15-16H2,(H,27,29)/b26-14-. The van der Waals surface area contributed by atoms with Gasteiger partial charge in [0.15, 0.2) is 6.61 Å². The predicted octanol–water partition coefficient (Wildman–Crippen LogP) is 3.87. The third-order valence-electron chi connectivity index (χ3n) is 5.31. The molecule has 1 N–H and O–H groups in total. The molecule has 0 fully saturated rings. The molecule has 1 aliphatic heterocycles. The molecule has 4 aromatic carbocycles. The molecule has 0 aromatic heterocycles. The van der Waals surface area contributed by atoms with Crippen molar-refractivity contribution in [2.24, 2.45) is 5.10 Å². The molecule has 0 aliphatic carbocycles. The number of rotatable bonds is 4. The second kappa shape index (κ2) is 7.91. The van der Waals surface area contributed by atoms with Crippen molar-refractivity contribution in [3.8, 4) is 5.75 Å². The molecule has 6 heteroatoms. The molecule has 0 bridgehead atoms. The first-order chi connectivity index (χ1) is 15.2. The number of benzene rings is 4. The van der Waals surface area contributed by atoms with Crippen molar-refractivity contribution in [1.29, 1.82) is 0 Å². The lowest BCUT2D eigenvalue weighted by Gasteiger charge is -2.28. The number of carbonyl (C=O) groups excluding carboxylic acids is 2. The Morgan fingerprint density at radius 2 is 1.61 bits per heavy atom. The molecule has 1 heterocycles. The van der Waals surface area contributed by atoms with E-state index < -0.39 is 0 Å². The fourth-order valence-electron chi connectivity index (χ4n) is 3.86. The summed E-state index contributed by atoms with van der Waals surface area (Å²) in [6, 6.07) is 25.4. The fourth-order valence-corrected chi connectivity index (χ4v) is 3.86. The van der Waals surface area contributed by atoms with E-state index in [1.807, 2.05) is 42.5 Å². The molecule has 0 atom stereocenters. The maximum absolute atomic E-state index is 12.5. The first-order valence-electron chi connectivity index (χ1n) is 9.95. The Morgan fingerprint density at radius 1 is 0.968 bits per heavy atom. The second-order valence-corrected chi connectivity index (χ2v) is 7.26. The van der Waals surface area contributed by atoms with E-state index in [4.69, 9.17) is 4.74 Å². The number of ether oxygens (including phenoxy) is 1. The van der Waals surface area contributed by atoms with Crippen LogP contribution in [0.25, 0.3) is 21.5 Å². The van der Waals surface area contributed by atoms with Crippen molar-refractivity contribution in [3.05, 3.63) is 84.4 Å². The summed E-state index contributed by atoms with van der Waals surface area (Å²) in [4.78, 5) is 26.2. The Hall–Kier alpha value is -4.19. The van der Waals surface area contributed by atoms with E-state index in [0.717, 1.165) is 27.1 Å². The molecule has 152 valence electrons. The number of para-hydroxylation sites is 2. The van der Waals surface area contributed by atoms with E-state index in [-0.39, 0.29) is 25.0 Å². The fraction of sp³-hybridized carbons (Fsp3) is 0.0800. The van der Waals surface area contributed by atoms with Crippen LogP contribution in [0.15, 0.2) is 84.0 Å². The third kappa shape index (κ3) is 3.59. The minimum absolute atomic E-state index is 0.0877. The number of nitrogens with zero attached hydrogens (tertiary/aromatic N) is 2. The predicted molar refractivity (Wildman–Crippen MR) is 121 cm³/mol. The summed E-state index contributed by atoms with van der Waals surface area (Å²) < 4.78 is 5.42. The largest absolute Gasteiger partial charge is 0.482 e. The van der Waals surface area contributed by atoms with Gasteiger partial charge in [-0.1, -0.05) is 60.7 Å². The van der Waals surface area contributed by atoms with Crippen LogP contribution in [0.2, 0.25) is 0 Å². The Balaban J connectivity index is 1.39. The number of amides is 2. The van der Waals surface area contributed by atoms with Crippen molar-refractivity contribution in [2.75, 3.05) is 18.1 Å². The monoisotopic (exact) mass is 409 g/mol. The molecular weight excluding hydrogens is 390 g/mol. The van der Waals surface area contributed by atoms with Crippen LogP contribution in [0, 0.1) is 0 Å². The molecule has 0 radical (unpaired) electrons. The first-order valence-corrected chi connectivity index (χ1v) is 9.95. The van der Waals surface area contributed by atoms with Gasteiger partial charge >= 0.3 is 0 Å². The molecule has 4 aromatic rings. The molecule has 0 spiro atoms. The van der Waals surface area contributed by atoms with Gasteiger partial charge in [0.25, 0.3) is 11.8 Å². The van der Waals surface area contributed by atoms with Crippen LogP contribution in [0.4, 0.5) is 5.69 Å². The van der Waals surface area contributed by atoms with Gasteiger partial charge in [-0.15, -0.1) is 0 Å². The van der Waals surface area contributed by atoms with Gasteiger partial charge in [0.1, 0.15) is 12.3 Å². The van der Waals surface area contributed by atoms with Gasteiger partial charge in [-0.3, -0.25) is 14.5 Å². The van der Waals surface area contributed by atoms with Crippen molar-refractivity contribution in [3.63, 3.8) is 0 Å². The normalized spacial score (nSPS) is 13.4.